The van der Waals surface area contributed by atoms with Gasteiger partial charge in [-0.2, -0.15) is 0 Å². The molecular weight excluding hydrogens is 422 g/mol. The summed E-state index contributed by atoms with van der Waals surface area (Å²) >= 11 is 0. The molecule has 34 heavy (non-hydrogen) atoms. The molecule has 0 saturated heterocycles. The standard InChI is InChI=1S/C30H37NO3/c1-20(2)33-28-26-17-25(31-18-23-11-7-21(3)8-12-23)15-16-27(26)34-30(5,6)29(28)32-19-24-13-9-22(4)10-14-24/h7-17,20,28-29,31H,18-19H2,1-6H3. The Balaban J connectivity index is 1.57. The number of benzene rings is 3. The first-order chi connectivity index (χ1) is 16.2. The van der Waals surface area contributed by atoms with Gasteiger partial charge in [0.2, 0.25) is 0 Å². The minimum atomic E-state index is -0.534. The normalized spacial score (nSPS) is 18.9. The van der Waals surface area contributed by atoms with Crippen LogP contribution in [0.2, 0.25) is 0 Å². The van der Waals surface area contributed by atoms with Gasteiger partial charge in [0, 0.05) is 17.8 Å². The zero-order chi connectivity index (χ0) is 24.3. The Labute approximate surface area is 204 Å². The molecule has 2 atom stereocenters. The van der Waals surface area contributed by atoms with Crippen molar-refractivity contribution >= 4 is 5.69 Å². The molecule has 1 heterocycles. The fraction of sp³-hybridized carbons (Fsp3) is 0.400. The third-order valence-corrected chi connectivity index (χ3v) is 6.24. The number of rotatable bonds is 8. The molecule has 2 unspecified atom stereocenters. The maximum Gasteiger partial charge on any atom is 0.132 e. The Hall–Kier alpha value is -2.82. The topological polar surface area (TPSA) is 39.7 Å². The van der Waals surface area contributed by atoms with Crippen molar-refractivity contribution in [3.05, 3.63) is 94.5 Å². The van der Waals surface area contributed by atoms with E-state index in [0.717, 1.165) is 29.1 Å². The van der Waals surface area contributed by atoms with Gasteiger partial charge in [0.1, 0.15) is 23.6 Å². The molecule has 3 aromatic rings. The summed E-state index contributed by atoms with van der Waals surface area (Å²) in [6, 6.07) is 23.3. The van der Waals surface area contributed by atoms with Gasteiger partial charge in [0.05, 0.1) is 12.7 Å². The van der Waals surface area contributed by atoms with Crippen molar-refractivity contribution in [2.45, 2.75) is 78.6 Å². The molecule has 4 heteroatoms. The van der Waals surface area contributed by atoms with Crippen LogP contribution in [0.3, 0.4) is 0 Å². The van der Waals surface area contributed by atoms with Crippen LogP contribution < -0.4 is 10.1 Å². The van der Waals surface area contributed by atoms with Crippen LogP contribution in [-0.4, -0.2) is 17.8 Å². The summed E-state index contributed by atoms with van der Waals surface area (Å²) in [5.41, 5.74) is 6.43. The van der Waals surface area contributed by atoms with Gasteiger partial charge in [-0.15, -0.1) is 0 Å². The van der Waals surface area contributed by atoms with Crippen LogP contribution in [0.5, 0.6) is 5.75 Å². The van der Waals surface area contributed by atoms with Gasteiger partial charge in [-0.25, -0.2) is 0 Å². The Bertz CT molecular complexity index is 1090. The first-order valence-electron chi connectivity index (χ1n) is 12.2. The van der Waals surface area contributed by atoms with Crippen molar-refractivity contribution in [3.8, 4) is 5.75 Å². The second-order valence-corrected chi connectivity index (χ2v) is 10.1. The maximum absolute atomic E-state index is 6.50. The van der Waals surface area contributed by atoms with E-state index in [1.807, 2.05) is 6.07 Å². The molecule has 1 N–H and O–H groups in total. The van der Waals surface area contributed by atoms with E-state index in [1.54, 1.807) is 0 Å². The lowest BCUT2D eigenvalue weighted by molar-refractivity contribution is -0.177. The quantitative estimate of drug-likeness (QED) is 0.389. The molecule has 0 aromatic heterocycles. The SMILES string of the molecule is Cc1ccc(CNc2ccc3c(c2)C(OC(C)C)C(OCc2ccc(C)cc2)C(C)(C)O3)cc1. The van der Waals surface area contributed by atoms with Crippen LogP contribution in [-0.2, 0) is 22.6 Å². The van der Waals surface area contributed by atoms with E-state index in [0.29, 0.717) is 6.61 Å². The third kappa shape index (κ3) is 5.81. The molecule has 4 nitrogen and oxygen atoms in total. The Kier molecular flexibility index (Phi) is 7.30. The number of ether oxygens (including phenoxy) is 3. The lowest BCUT2D eigenvalue weighted by Crippen LogP contribution is -2.51. The van der Waals surface area contributed by atoms with Crippen molar-refractivity contribution in [2.75, 3.05) is 5.32 Å². The molecule has 0 saturated carbocycles. The highest BCUT2D eigenvalue weighted by Gasteiger charge is 2.46. The summed E-state index contributed by atoms with van der Waals surface area (Å²) in [6.45, 7) is 13.8. The van der Waals surface area contributed by atoms with Crippen LogP contribution in [0.15, 0.2) is 66.7 Å². The fourth-order valence-electron chi connectivity index (χ4n) is 4.35. The Morgan fingerprint density at radius 1 is 0.882 bits per heavy atom. The predicted molar refractivity (Wildman–Crippen MR) is 138 cm³/mol. The fourth-order valence-corrected chi connectivity index (χ4v) is 4.35. The van der Waals surface area contributed by atoms with Gasteiger partial charge in [0.25, 0.3) is 0 Å². The number of hydrogen-bond acceptors (Lipinski definition) is 4. The lowest BCUT2D eigenvalue weighted by atomic mass is 9.87. The first kappa shape index (κ1) is 24.3. The van der Waals surface area contributed by atoms with Crippen LogP contribution in [0.1, 0.15) is 61.6 Å². The Morgan fingerprint density at radius 2 is 1.50 bits per heavy atom. The zero-order valence-corrected chi connectivity index (χ0v) is 21.2. The van der Waals surface area contributed by atoms with E-state index in [1.165, 1.54) is 16.7 Å². The lowest BCUT2D eigenvalue weighted by Gasteiger charge is -2.45. The minimum Gasteiger partial charge on any atom is -0.485 e. The molecule has 0 aliphatic carbocycles. The molecule has 0 spiro atoms. The molecule has 3 aromatic carbocycles. The summed E-state index contributed by atoms with van der Waals surface area (Å²) in [6.07, 6.45) is -0.428. The average Bonchev–Trinajstić information content (AvgIpc) is 2.79. The molecule has 0 amide bonds. The molecule has 1 aliphatic rings. The second-order valence-electron chi connectivity index (χ2n) is 10.1. The molecule has 1 aliphatic heterocycles. The number of hydrogen-bond donors (Lipinski definition) is 1. The smallest absolute Gasteiger partial charge is 0.132 e. The first-order valence-corrected chi connectivity index (χ1v) is 12.2. The maximum atomic E-state index is 6.50. The summed E-state index contributed by atoms with van der Waals surface area (Å²) in [5.74, 6) is 0.853. The third-order valence-electron chi connectivity index (χ3n) is 6.24. The number of anilines is 1. The van der Waals surface area contributed by atoms with E-state index in [-0.39, 0.29) is 18.3 Å². The summed E-state index contributed by atoms with van der Waals surface area (Å²) in [7, 11) is 0. The van der Waals surface area contributed by atoms with E-state index >= 15 is 0 Å². The monoisotopic (exact) mass is 459 g/mol. The van der Waals surface area contributed by atoms with Crippen molar-refractivity contribution < 1.29 is 14.2 Å². The van der Waals surface area contributed by atoms with Crippen LogP contribution in [0, 0.1) is 13.8 Å². The largest absolute Gasteiger partial charge is 0.485 e. The highest BCUT2D eigenvalue weighted by molar-refractivity contribution is 5.54. The highest BCUT2D eigenvalue weighted by Crippen LogP contribution is 2.45. The van der Waals surface area contributed by atoms with Gasteiger partial charge < -0.3 is 19.5 Å². The van der Waals surface area contributed by atoms with Crippen LogP contribution in [0.4, 0.5) is 5.69 Å². The number of nitrogens with one attached hydrogen (secondary N) is 1. The van der Waals surface area contributed by atoms with Gasteiger partial charge in [-0.1, -0.05) is 59.7 Å². The molecular formula is C30H37NO3. The number of aryl methyl sites for hydroxylation is 2. The van der Waals surface area contributed by atoms with Crippen molar-refractivity contribution in [2.24, 2.45) is 0 Å². The molecule has 4 rings (SSSR count). The van der Waals surface area contributed by atoms with Gasteiger partial charge >= 0.3 is 0 Å². The summed E-state index contributed by atoms with van der Waals surface area (Å²) < 4.78 is 19.4. The van der Waals surface area contributed by atoms with E-state index in [2.05, 4.69) is 108 Å². The number of fused-ring (bicyclic) bond motifs is 1. The molecule has 0 radical (unpaired) electrons. The van der Waals surface area contributed by atoms with Crippen molar-refractivity contribution in [3.63, 3.8) is 0 Å². The Morgan fingerprint density at radius 3 is 2.12 bits per heavy atom. The van der Waals surface area contributed by atoms with Crippen molar-refractivity contribution in [1.29, 1.82) is 0 Å². The van der Waals surface area contributed by atoms with E-state index in [4.69, 9.17) is 14.2 Å². The minimum absolute atomic E-state index is 0.0569. The highest BCUT2D eigenvalue weighted by atomic mass is 16.6. The van der Waals surface area contributed by atoms with Crippen LogP contribution in [0.25, 0.3) is 0 Å². The van der Waals surface area contributed by atoms with Gasteiger partial charge in [-0.3, -0.25) is 0 Å². The van der Waals surface area contributed by atoms with E-state index < -0.39 is 5.60 Å². The van der Waals surface area contributed by atoms with Gasteiger partial charge in [0.15, 0.2) is 0 Å². The predicted octanol–water partition coefficient (Wildman–Crippen LogP) is 7.14. The van der Waals surface area contributed by atoms with Crippen LogP contribution >= 0.6 is 0 Å². The van der Waals surface area contributed by atoms with Gasteiger partial charge in [-0.05, 0) is 70.9 Å². The second kappa shape index (κ2) is 10.2. The molecule has 180 valence electrons. The van der Waals surface area contributed by atoms with Crippen molar-refractivity contribution in [1.82, 2.24) is 0 Å². The average molecular weight is 460 g/mol. The summed E-state index contributed by atoms with van der Waals surface area (Å²) in [4.78, 5) is 0. The molecule has 0 bridgehead atoms. The molecule has 0 fully saturated rings. The van der Waals surface area contributed by atoms with E-state index in [9.17, 15) is 0 Å². The zero-order valence-electron chi connectivity index (χ0n) is 21.2. The summed E-state index contributed by atoms with van der Waals surface area (Å²) in [5, 5.41) is 3.55.